The van der Waals surface area contributed by atoms with E-state index in [9.17, 15) is 19.2 Å². The fourth-order valence-corrected chi connectivity index (χ4v) is 2.51. The number of nitrogens with zero attached hydrogens (tertiary/aromatic N) is 1. The molecule has 0 aliphatic carbocycles. The molecule has 0 aromatic heterocycles. The van der Waals surface area contributed by atoms with Crippen LogP contribution in [0.15, 0.2) is 24.3 Å². The van der Waals surface area contributed by atoms with E-state index in [1.807, 2.05) is 0 Å². The number of benzene rings is 1. The molecule has 0 spiro atoms. The zero-order valence-electron chi connectivity index (χ0n) is 14.2. The van der Waals surface area contributed by atoms with E-state index in [1.54, 1.807) is 19.1 Å². The zero-order valence-corrected chi connectivity index (χ0v) is 14.2. The van der Waals surface area contributed by atoms with Crippen molar-refractivity contribution in [2.24, 2.45) is 0 Å². The quantitative estimate of drug-likeness (QED) is 0.415. The summed E-state index contributed by atoms with van der Waals surface area (Å²) in [4.78, 5) is 48.1. The Balaban J connectivity index is 1.99. The smallest absolute Gasteiger partial charge is 0.338 e. The van der Waals surface area contributed by atoms with Gasteiger partial charge in [-0.25, -0.2) is 9.69 Å². The van der Waals surface area contributed by atoms with Crippen LogP contribution in [-0.4, -0.2) is 49.4 Å². The summed E-state index contributed by atoms with van der Waals surface area (Å²) in [5, 5.41) is 5.57. The highest BCUT2D eigenvalue weighted by Crippen LogP contribution is 2.23. The van der Waals surface area contributed by atoms with Crippen molar-refractivity contribution in [1.82, 2.24) is 10.6 Å². The molecule has 1 aliphatic rings. The zero-order chi connectivity index (χ0) is 18.4. The molecule has 1 fully saturated rings. The Labute approximate surface area is 145 Å². The van der Waals surface area contributed by atoms with Gasteiger partial charge in [0.25, 0.3) is 5.91 Å². The molecule has 1 saturated heterocycles. The number of imide groups is 1. The van der Waals surface area contributed by atoms with Gasteiger partial charge in [0.2, 0.25) is 11.8 Å². The van der Waals surface area contributed by atoms with Crippen molar-refractivity contribution in [2.45, 2.75) is 26.3 Å². The minimum atomic E-state index is -0.619. The first-order valence-corrected chi connectivity index (χ1v) is 8.05. The van der Waals surface area contributed by atoms with Gasteiger partial charge in [-0.2, -0.15) is 0 Å². The van der Waals surface area contributed by atoms with Crippen LogP contribution in [-0.2, 0) is 19.1 Å². The lowest BCUT2D eigenvalue weighted by Crippen LogP contribution is -2.41. The molecule has 8 heteroatoms. The Morgan fingerprint density at radius 2 is 1.88 bits per heavy atom. The van der Waals surface area contributed by atoms with E-state index in [-0.39, 0.29) is 30.7 Å². The number of esters is 1. The van der Waals surface area contributed by atoms with Crippen LogP contribution in [0.1, 0.15) is 30.6 Å². The maximum atomic E-state index is 12.4. The van der Waals surface area contributed by atoms with Crippen molar-refractivity contribution >= 4 is 29.4 Å². The molecule has 1 heterocycles. The average Bonchev–Trinajstić information content (AvgIpc) is 2.86. The van der Waals surface area contributed by atoms with Gasteiger partial charge in [0.1, 0.15) is 0 Å². The van der Waals surface area contributed by atoms with Crippen molar-refractivity contribution in [3.05, 3.63) is 29.8 Å². The molecule has 1 aromatic rings. The van der Waals surface area contributed by atoms with Crippen LogP contribution in [0.4, 0.5) is 5.69 Å². The van der Waals surface area contributed by atoms with Gasteiger partial charge in [0, 0.05) is 20.0 Å². The van der Waals surface area contributed by atoms with E-state index in [1.165, 1.54) is 19.1 Å². The number of anilines is 1. The fourth-order valence-electron chi connectivity index (χ4n) is 2.51. The monoisotopic (exact) mass is 347 g/mol. The number of hydrogen-bond acceptors (Lipinski definition) is 6. The van der Waals surface area contributed by atoms with Crippen LogP contribution >= 0.6 is 0 Å². The van der Waals surface area contributed by atoms with Gasteiger partial charge < -0.3 is 15.4 Å². The van der Waals surface area contributed by atoms with Crippen molar-refractivity contribution in [1.29, 1.82) is 0 Å². The molecule has 0 saturated carbocycles. The summed E-state index contributed by atoms with van der Waals surface area (Å²) in [5.74, 6) is -1.27. The molecule has 0 unspecified atom stereocenters. The molecule has 25 heavy (non-hydrogen) atoms. The highest BCUT2D eigenvalue weighted by molar-refractivity contribution is 6.22. The summed E-state index contributed by atoms with van der Waals surface area (Å²) in [7, 11) is 0. The van der Waals surface area contributed by atoms with E-state index >= 15 is 0 Å². The van der Waals surface area contributed by atoms with Crippen LogP contribution in [0.25, 0.3) is 0 Å². The van der Waals surface area contributed by atoms with Crippen LogP contribution in [0.2, 0.25) is 0 Å². The number of amides is 3. The highest BCUT2D eigenvalue weighted by atomic mass is 16.5. The van der Waals surface area contributed by atoms with E-state index in [0.29, 0.717) is 24.3 Å². The van der Waals surface area contributed by atoms with Gasteiger partial charge >= 0.3 is 5.97 Å². The van der Waals surface area contributed by atoms with Crippen LogP contribution in [0.3, 0.4) is 0 Å². The molecule has 8 nitrogen and oxygen atoms in total. The second-order valence-corrected chi connectivity index (χ2v) is 5.53. The second kappa shape index (κ2) is 8.39. The SMILES string of the molecule is CCOC(=O)c1ccc(N2C(=O)C[C@@H](NCCNC(C)=O)C2=O)cc1. The van der Waals surface area contributed by atoms with Crippen LogP contribution in [0.5, 0.6) is 0 Å². The lowest BCUT2D eigenvalue weighted by Gasteiger charge is -2.16. The Bertz CT molecular complexity index is 671. The average molecular weight is 347 g/mol. The summed E-state index contributed by atoms with van der Waals surface area (Å²) < 4.78 is 4.90. The summed E-state index contributed by atoms with van der Waals surface area (Å²) in [5.41, 5.74) is 0.767. The summed E-state index contributed by atoms with van der Waals surface area (Å²) in [6.07, 6.45) is 0.0541. The van der Waals surface area contributed by atoms with E-state index in [2.05, 4.69) is 10.6 Å². The molecule has 2 rings (SSSR count). The van der Waals surface area contributed by atoms with Crippen molar-refractivity contribution in [3.8, 4) is 0 Å². The molecule has 3 amide bonds. The largest absolute Gasteiger partial charge is 0.462 e. The normalized spacial score (nSPS) is 16.9. The predicted octanol–water partition coefficient (Wildman–Crippen LogP) is 0.221. The van der Waals surface area contributed by atoms with Crippen molar-refractivity contribution in [3.63, 3.8) is 0 Å². The molecular formula is C17H21N3O5. The van der Waals surface area contributed by atoms with Crippen molar-refractivity contribution in [2.75, 3.05) is 24.6 Å². The molecule has 0 bridgehead atoms. The highest BCUT2D eigenvalue weighted by Gasteiger charge is 2.39. The Morgan fingerprint density at radius 1 is 1.20 bits per heavy atom. The summed E-state index contributed by atoms with van der Waals surface area (Å²) in [6.45, 7) is 4.16. The van der Waals surface area contributed by atoms with E-state index in [4.69, 9.17) is 4.74 Å². The minimum absolute atomic E-state index is 0.0541. The van der Waals surface area contributed by atoms with E-state index in [0.717, 1.165) is 4.90 Å². The topological polar surface area (TPSA) is 105 Å². The number of carbonyl (C=O) groups excluding carboxylic acids is 4. The lowest BCUT2D eigenvalue weighted by molar-refractivity contribution is -0.122. The molecule has 134 valence electrons. The Kier molecular flexibility index (Phi) is 6.24. The number of carbonyl (C=O) groups is 4. The van der Waals surface area contributed by atoms with Crippen LogP contribution < -0.4 is 15.5 Å². The Hall–Kier alpha value is -2.74. The van der Waals surface area contributed by atoms with Gasteiger partial charge in [-0.15, -0.1) is 0 Å². The maximum Gasteiger partial charge on any atom is 0.338 e. The molecule has 2 N–H and O–H groups in total. The predicted molar refractivity (Wildman–Crippen MR) is 90.0 cm³/mol. The number of rotatable bonds is 7. The summed E-state index contributed by atoms with van der Waals surface area (Å²) >= 11 is 0. The number of nitrogens with one attached hydrogen (secondary N) is 2. The molecular weight excluding hydrogens is 326 g/mol. The van der Waals surface area contributed by atoms with Gasteiger partial charge in [0.05, 0.1) is 30.3 Å². The first-order chi connectivity index (χ1) is 11.9. The first kappa shape index (κ1) is 18.6. The molecule has 1 aliphatic heterocycles. The maximum absolute atomic E-state index is 12.4. The van der Waals surface area contributed by atoms with Crippen molar-refractivity contribution < 1.29 is 23.9 Å². The number of hydrogen-bond donors (Lipinski definition) is 2. The number of ether oxygens (including phenoxy) is 1. The van der Waals surface area contributed by atoms with Gasteiger partial charge in [-0.1, -0.05) is 0 Å². The van der Waals surface area contributed by atoms with Crippen LogP contribution in [0, 0.1) is 0 Å². The van der Waals surface area contributed by atoms with Gasteiger partial charge in [0.15, 0.2) is 0 Å². The van der Waals surface area contributed by atoms with E-state index < -0.39 is 12.0 Å². The standard InChI is InChI=1S/C17H21N3O5/c1-3-25-17(24)12-4-6-13(7-5-12)20-15(22)10-14(16(20)23)19-9-8-18-11(2)21/h4-7,14,19H,3,8-10H2,1-2H3,(H,18,21)/t14-/m1/s1. The molecule has 1 aromatic carbocycles. The van der Waals surface area contributed by atoms with Gasteiger partial charge in [-0.3, -0.25) is 14.4 Å². The Morgan fingerprint density at radius 3 is 2.48 bits per heavy atom. The molecule has 0 radical (unpaired) electrons. The van der Waals surface area contributed by atoms with Gasteiger partial charge in [-0.05, 0) is 31.2 Å². The molecule has 1 atom stereocenters. The third-order valence-electron chi connectivity index (χ3n) is 3.67. The summed E-state index contributed by atoms with van der Waals surface area (Å²) in [6, 6.07) is 5.51. The first-order valence-electron chi connectivity index (χ1n) is 8.05. The lowest BCUT2D eigenvalue weighted by atomic mass is 10.2. The third-order valence-corrected chi connectivity index (χ3v) is 3.67. The fraction of sp³-hybridized carbons (Fsp3) is 0.412. The second-order valence-electron chi connectivity index (χ2n) is 5.53. The third kappa shape index (κ3) is 4.63. The minimum Gasteiger partial charge on any atom is -0.462 e.